The van der Waals surface area contributed by atoms with Gasteiger partial charge in [-0.25, -0.2) is 0 Å². The summed E-state index contributed by atoms with van der Waals surface area (Å²) in [6.07, 6.45) is 0. The van der Waals surface area contributed by atoms with E-state index in [1.54, 1.807) is 0 Å². The Morgan fingerprint density at radius 1 is 0.905 bits per heavy atom. The maximum Gasteiger partial charge on any atom is 0.127 e. The van der Waals surface area contributed by atoms with E-state index in [1.807, 2.05) is 57.2 Å². The Labute approximate surface area is 128 Å². The number of hydrogen-bond acceptors (Lipinski definition) is 2. The molecule has 0 aromatic heterocycles. The lowest BCUT2D eigenvalue weighted by Gasteiger charge is -2.12. The predicted octanol–water partition coefficient (Wildman–Crippen LogP) is 5.31. The minimum Gasteiger partial charge on any atom is -0.495 e. The highest BCUT2D eigenvalue weighted by Gasteiger charge is 2.04. The standard InChI is InChI=1S/C17H18O2.C2H6/c1-14(2)18-12-13-19-17-11-7-6-10-16(17)15-8-4-3-5-9-15;1-2/h3-11H,1,12-13H2,2H3;1-2H3. The fourth-order valence-electron chi connectivity index (χ4n) is 1.82. The Morgan fingerprint density at radius 2 is 1.52 bits per heavy atom. The van der Waals surface area contributed by atoms with Crippen molar-refractivity contribution < 1.29 is 9.47 Å². The van der Waals surface area contributed by atoms with Crippen LogP contribution in [0.25, 0.3) is 11.1 Å². The summed E-state index contributed by atoms with van der Waals surface area (Å²) in [5.74, 6) is 1.58. The Balaban J connectivity index is 0.00000106. The van der Waals surface area contributed by atoms with Gasteiger partial charge >= 0.3 is 0 Å². The van der Waals surface area contributed by atoms with Crippen molar-refractivity contribution in [1.82, 2.24) is 0 Å². The van der Waals surface area contributed by atoms with E-state index < -0.39 is 0 Å². The molecule has 0 aliphatic carbocycles. The molecule has 2 rings (SSSR count). The Hall–Kier alpha value is -2.22. The second-order valence-corrected chi connectivity index (χ2v) is 4.26. The normalized spacial score (nSPS) is 9.29. The van der Waals surface area contributed by atoms with Crippen LogP contribution in [-0.2, 0) is 4.74 Å². The summed E-state index contributed by atoms with van der Waals surface area (Å²) in [5, 5.41) is 0. The first kappa shape index (κ1) is 16.8. The molecule has 0 heterocycles. The lowest BCUT2D eigenvalue weighted by atomic mass is 10.1. The molecule has 0 N–H and O–H groups in total. The number of ether oxygens (including phenoxy) is 2. The van der Waals surface area contributed by atoms with E-state index in [0.717, 1.165) is 16.9 Å². The van der Waals surface area contributed by atoms with Crippen molar-refractivity contribution in [3.8, 4) is 16.9 Å². The molecule has 112 valence electrons. The summed E-state index contributed by atoms with van der Waals surface area (Å²) < 4.78 is 11.1. The quantitative estimate of drug-likeness (QED) is 0.528. The molecule has 0 aliphatic heterocycles. The number of hydrogen-bond donors (Lipinski definition) is 0. The molecule has 2 heteroatoms. The third kappa shape index (κ3) is 5.74. The van der Waals surface area contributed by atoms with Gasteiger partial charge in [-0.05, 0) is 18.6 Å². The minimum absolute atomic E-state index is 0.511. The van der Waals surface area contributed by atoms with Gasteiger partial charge in [0.2, 0.25) is 0 Å². The highest BCUT2D eigenvalue weighted by atomic mass is 16.5. The molecule has 21 heavy (non-hydrogen) atoms. The van der Waals surface area contributed by atoms with Crippen LogP contribution in [0, 0.1) is 0 Å². The molecule has 0 spiro atoms. The van der Waals surface area contributed by atoms with E-state index in [-0.39, 0.29) is 0 Å². The smallest absolute Gasteiger partial charge is 0.127 e. The van der Waals surface area contributed by atoms with Crippen LogP contribution in [0.4, 0.5) is 0 Å². The van der Waals surface area contributed by atoms with E-state index in [4.69, 9.17) is 9.47 Å². The summed E-state index contributed by atoms with van der Waals surface area (Å²) in [7, 11) is 0. The molecular formula is C19H24O2. The van der Waals surface area contributed by atoms with E-state index >= 15 is 0 Å². The Bertz CT molecular complexity index is 532. The molecule has 2 aromatic rings. The summed E-state index contributed by atoms with van der Waals surface area (Å²) in [6.45, 7) is 10.5. The third-order valence-corrected chi connectivity index (χ3v) is 2.66. The molecular weight excluding hydrogens is 260 g/mol. The largest absolute Gasteiger partial charge is 0.495 e. The van der Waals surface area contributed by atoms with Crippen molar-refractivity contribution in [3.63, 3.8) is 0 Å². The molecule has 0 saturated heterocycles. The lowest BCUT2D eigenvalue weighted by Crippen LogP contribution is -2.06. The van der Waals surface area contributed by atoms with Crippen molar-refractivity contribution in [2.45, 2.75) is 20.8 Å². The van der Waals surface area contributed by atoms with Crippen molar-refractivity contribution >= 4 is 0 Å². The number of benzene rings is 2. The van der Waals surface area contributed by atoms with Gasteiger partial charge in [0.25, 0.3) is 0 Å². The van der Waals surface area contributed by atoms with Crippen LogP contribution in [0.2, 0.25) is 0 Å². The third-order valence-electron chi connectivity index (χ3n) is 2.66. The van der Waals surface area contributed by atoms with Gasteiger partial charge in [0.15, 0.2) is 0 Å². The van der Waals surface area contributed by atoms with E-state index in [2.05, 4.69) is 24.8 Å². The zero-order valence-electron chi connectivity index (χ0n) is 13.1. The first-order valence-corrected chi connectivity index (χ1v) is 7.33. The fourth-order valence-corrected chi connectivity index (χ4v) is 1.82. The van der Waals surface area contributed by atoms with Crippen molar-refractivity contribution in [2.75, 3.05) is 13.2 Å². The van der Waals surface area contributed by atoms with Gasteiger partial charge in [-0.2, -0.15) is 0 Å². The maximum absolute atomic E-state index is 5.78. The number of rotatable bonds is 6. The maximum atomic E-state index is 5.78. The van der Waals surface area contributed by atoms with Gasteiger partial charge < -0.3 is 9.47 Å². The van der Waals surface area contributed by atoms with Crippen LogP contribution in [-0.4, -0.2) is 13.2 Å². The molecule has 2 nitrogen and oxygen atoms in total. The van der Waals surface area contributed by atoms with Crippen LogP contribution in [0.15, 0.2) is 66.9 Å². The molecule has 0 atom stereocenters. The van der Waals surface area contributed by atoms with Gasteiger partial charge in [0.1, 0.15) is 19.0 Å². The van der Waals surface area contributed by atoms with E-state index in [1.165, 1.54) is 0 Å². The molecule has 2 aromatic carbocycles. The second-order valence-electron chi connectivity index (χ2n) is 4.26. The zero-order chi connectivity index (χ0) is 15.5. The van der Waals surface area contributed by atoms with Gasteiger partial charge in [-0.1, -0.05) is 69.0 Å². The van der Waals surface area contributed by atoms with Crippen LogP contribution >= 0.6 is 0 Å². The zero-order valence-corrected chi connectivity index (χ0v) is 13.1. The predicted molar refractivity (Wildman–Crippen MR) is 89.5 cm³/mol. The molecule has 0 amide bonds. The Kier molecular flexibility index (Phi) is 7.73. The molecule has 0 saturated carbocycles. The van der Waals surface area contributed by atoms with Crippen LogP contribution in [0.3, 0.4) is 0 Å². The monoisotopic (exact) mass is 284 g/mol. The minimum atomic E-state index is 0.511. The highest BCUT2D eigenvalue weighted by molar-refractivity contribution is 5.70. The van der Waals surface area contributed by atoms with E-state index in [0.29, 0.717) is 19.0 Å². The van der Waals surface area contributed by atoms with E-state index in [9.17, 15) is 0 Å². The second kappa shape index (κ2) is 9.65. The van der Waals surface area contributed by atoms with Crippen LogP contribution < -0.4 is 4.74 Å². The number of allylic oxidation sites excluding steroid dienone is 1. The fraction of sp³-hybridized carbons (Fsp3) is 0.263. The molecule has 0 aliphatic rings. The Morgan fingerprint density at radius 3 is 2.19 bits per heavy atom. The van der Waals surface area contributed by atoms with Crippen molar-refractivity contribution in [2.24, 2.45) is 0 Å². The summed E-state index contributed by atoms with van der Waals surface area (Å²) in [6, 6.07) is 18.2. The topological polar surface area (TPSA) is 18.5 Å². The molecule has 0 bridgehead atoms. The summed E-state index contributed by atoms with van der Waals surface area (Å²) in [5.41, 5.74) is 2.25. The van der Waals surface area contributed by atoms with Gasteiger partial charge in [0.05, 0.1) is 5.76 Å². The summed E-state index contributed by atoms with van der Waals surface area (Å²) >= 11 is 0. The highest BCUT2D eigenvalue weighted by Crippen LogP contribution is 2.29. The van der Waals surface area contributed by atoms with Crippen LogP contribution in [0.1, 0.15) is 20.8 Å². The first-order valence-electron chi connectivity index (χ1n) is 7.33. The SMILES string of the molecule is C=C(C)OCCOc1ccccc1-c1ccccc1.CC. The molecule has 0 radical (unpaired) electrons. The summed E-state index contributed by atoms with van der Waals surface area (Å²) in [4.78, 5) is 0. The average molecular weight is 284 g/mol. The average Bonchev–Trinajstić information content (AvgIpc) is 2.54. The van der Waals surface area contributed by atoms with Crippen molar-refractivity contribution in [1.29, 1.82) is 0 Å². The number of para-hydroxylation sites is 1. The first-order chi connectivity index (χ1) is 10.3. The van der Waals surface area contributed by atoms with Gasteiger partial charge in [-0.3, -0.25) is 0 Å². The van der Waals surface area contributed by atoms with Gasteiger partial charge in [0, 0.05) is 5.56 Å². The van der Waals surface area contributed by atoms with Crippen molar-refractivity contribution in [3.05, 3.63) is 66.9 Å². The van der Waals surface area contributed by atoms with Gasteiger partial charge in [-0.15, -0.1) is 0 Å². The molecule has 0 fully saturated rings. The molecule has 0 unspecified atom stereocenters. The van der Waals surface area contributed by atoms with Crippen LogP contribution in [0.5, 0.6) is 5.75 Å². The lowest BCUT2D eigenvalue weighted by molar-refractivity contribution is 0.159.